The summed E-state index contributed by atoms with van der Waals surface area (Å²) < 4.78 is 10.8. The quantitative estimate of drug-likeness (QED) is 0.494. The maximum absolute atomic E-state index is 11.9. The lowest BCUT2D eigenvalue weighted by atomic mass is 10.1. The number of hydrogen-bond donors (Lipinski definition) is 0. The summed E-state index contributed by atoms with van der Waals surface area (Å²) in [5.74, 6) is -0.412. The number of esters is 2. The van der Waals surface area contributed by atoms with Crippen LogP contribution < -0.4 is 9.47 Å². The van der Waals surface area contributed by atoms with E-state index in [-0.39, 0.29) is 34.4 Å². The molecule has 2 aromatic carbocycles. The molecule has 128 valence electrons. The molecule has 0 fully saturated rings. The number of carbonyl (C=O) groups excluding carboxylic acids is 2. The van der Waals surface area contributed by atoms with Crippen molar-refractivity contribution in [2.24, 2.45) is 0 Å². The zero-order valence-corrected chi connectivity index (χ0v) is 15.0. The molecule has 0 saturated carbocycles. The maximum atomic E-state index is 11.9. The SMILES string of the molecule is CCCC(=O)Oc1c(Cl)c(Cl)c(OC(=O)CCC)c2ccccc12. The van der Waals surface area contributed by atoms with Crippen molar-refractivity contribution in [1.82, 2.24) is 0 Å². The normalized spacial score (nSPS) is 10.7. The van der Waals surface area contributed by atoms with Gasteiger partial charge in [0.1, 0.15) is 10.0 Å². The van der Waals surface area contributed by atoms with Crippen LogP contribution in [-0.2, 0) is 9.59 Å². The predicted molar refractivity (Wildman–Crippen MR) is 95.1 cm³/mol. The Morgan fingerprint density at radius 3 is 1.54 bits per heavy atom. The van der Waals surface area contributed by atoms with Gasteiger partial charge in [0.05, 0.1) is 0 Å². The molecule has 0 heterocycles. The van der Waals surface area contributed by atoms with Crippen LogP contribution in [0.5, 0.6) is 11.5 Å². The second-order valence-electron chi connectivity index (χ2n) is 5.28. The van der Waals surface area contributed by atoms with Crippen LogP contribution in [0.15, 0.2) is 24.3 Å². The lowest BCUT2D eigenvalue weighted by Gasteiger charge is -2.15. The summed E-state index contributed by atoms with van der Waals surface area (Å²) in [6, 6.07) is 7.04. The summed E-state index contributed by atoms with van der Waals surface area (Å²) in [4.78, 5) is 23.7. The first-order valence-corrected chi connectivity index (χ1v) is 8.56. The second kappa shape index (κ2) is 8.36. The van der Waals surface area contributed by atoms with Gasteiger partial charge in [-0.2, -0.15) is 0 Å². The molecule has 0 radical (unpaired) electrons. The molecule has 0 spiro atoms. The first-order chi connectivity index (χ1) is 11.5. The van der Waals surface area contributed by atoms with E-state index < -0.39 is 11.9 Å². The Bertz CT molecular complexity index is 707. The highest BCUT2D eigenvalue weighted by Crippen LogP contribution is 2.46. The van der Waals surface area contributed by atoms with Crippen LogP contribution in [0, 0.1) is 0 Å². The molecule has 2 rings (SSSR count). The van der Waals surface area contributed by atoms with E-state index in [1.807, 2.05) is 13.8 Å². The average molecular weight is 369 g/mol. The standard InChI is InChI=1S/C18H18Cl2O4/c1-3-7-13(21)23-17-11-9-5-6-10-12(11)18(16(20)15(17)19)24-14(22)8-4-2/h5-6,9-10H,3-4,7-8H2,1-2H3. The Morgan fingerprint density at radius 2 is 1.21 bits per heavy atom. The molecule has 0 aliphatic carbocycles. The van der Waals surface area contributed by atoms with Gasteiger partial charge < -0.3 is 9.47 Å². The zero-order valence-electron chi connectivity index (χ0n) is 13.5. The van der Waals surface area contributed by atoms with E-state index >= 15 is 0 Å². The van der Waals surface area contributed by atoms with Crippen molar-refractivity contribution >= 4 is 45.9 Å². The molecule has 2 aromatic rings. The summed E-state index contributed by atoms with van der Waals surface area (Å²) in [7, 11) is 0. The van der Waals surface area contributed by atoms with Crippen LogP contribution in [0.4, 0.5) is 0 Å². The van der Waals surface area contributed by atoms with E-state index in [0.29, 0.717) is 23.6 Å². The van der Waals surface area contributed by atoms with Gasteiger partial charge in [-0.15, -0.1) is 0 Å². The van der Waals surface area contributed by atoms with Crippen LogP contribution in [-0.4, -0.2) is 11.9 Å². The number of hydrogen-bond acceptors (Lipinski definition) is 4. The van der Waals surface area contributed by atoms with Crippen molar-refractivity contribution in [2.75, 3.05) is 0 Å². The second-order valence-corrected chi connectivity index (χ2v) is 6.04. The highest BCUT2D eigenvalue weighted by Gasteiger charge is 2.22. The van der Waals surface area contributed by atoms with Crippen molar-refractivity contribution in [3.05, 3.63) is 34.3 Å². The first-order valence-electron chi connectivity index (χ1n) is 7.80. The highest BCUT2D eigenvalue weighted by atomic mass is 35.5. The van der Waals surface area contributed by atoms with Crippen molar-refractivity contribution in [2.45, 2.75) is 39.5 Å². The van der Waals surface area contributed by atoms with E-state index in [1.54, 1.807) is 24.3 Å². The van der Waals surface area contributed by atoms with Gasteiger partial charge in [0.2, 0.25) is 0 Å². The maximum Gasteiger partial charge on any atom is 0.311 e. The van der Waals surface area contributed by atoms with Crippen LogP contribution in [0.2, 0.25) is 10.0 Å². The Hall–Kier alpha value is -1.78. The molecule has 0 unspecified atom stereocenters. The Balaban J connectivity index is 2.56. The van der Waals surface area contributed by atoms with Gasteiger partial charge in [-0.3, -0.25) is 9.59 Å². The first kappa shape index (κ1) is 18.6. The third kappa shape index (κ3) is 4.00. The molecular weight excluding hydrogens is 351 g/mol. The summed E-state index contributed by atoms with van der Waals surface area (Å²) in [6.07, 6.45) is 1.87. The fourth-order valence-electron chi connectivity index (χ4n) is 2.25. The molecule has 0 bridgehead atoms. The number of rotatable bonds is 6. The number of fused-ring (bicyclic) bond motifs is 1. The van der Waals surface area contributed by atoms with Crippen molar-refractivity contribution in [3.63, 3.8) is 0 Å². The number of benzene rings is 2. The average Bonchev–Trinajstić information content (AvgIpc) is 2.56. The van der Waals surface area contributed by atoms with Crippen LogP contribution in [0.25, 0.3) is 10.8 Å². The molecular formula is C18H18Cl2O4. The smallest absolute Gasteiger partial charge is 0.311 e. The molecule has 6 heteroatoms. The molecule has 0 amide bonds. The van der Waals surface area contributed by atoms with Crippen molar-refractivity contribution in [1.29, 1.82) is 0 Å². The third-order valence-electron chi connectivity index (χ3n) is 3.35. The summed E-state index contributed by atoms with van der Waals surface area (Å²) in [5.41, 5.74) is 0. The van der Waals surface area contributed by atoms with Gasteiger partial charge in [0.15, 0.2) is 11.5 Å². The number of ether oxygens (including phenoxy) is 2. The minimum atomic E-state index is -0.392. The lowest BCUT2D eigenvalue weighted by Crippen LogP contribution is -2.10. The van der Waals surface area contributed by atoms with Gasteiger partial charge in [-0.1, -0.05) is 61.3 Å². The zero-order chi connectivity index (χ0) is 17.7. The molecule has 0 atom stereocenters. The highest BCUT2D eigenvalue weighted by molar-refractivity contribution is 6.45. The van der Waals surface area contributed by atoms with Gasteiger partial charge >= 0.3 is 11.9 Å². The Labute approximate surface area is 150 Å². The van der Waals surface area contributed by atoms with Crippen molar-refractivity contribution < 1.29 is 19.1 Å². The number of carbonyl (C=O) groups is 2. The van der Waals surface area contributed by atoms with Gasteiger partial charge in [0.25, 0.3) is 0 Å². The number of halogens is 2. The van der Waals surface area contributed by atoms with E-state index in [0.717, 1.165) is 0 Å². The van der Waals surface area contributed by atoms with Crippen LogP contribution >= 0.6 is 23.2 Å². The Kier molecular flexibility index (Phi) is 6.46. The molecule has 0 aromatic heterocycles. The van der Waals surface area contributed by atoms with E-state index in [9.17, 15) is 9.59 Å². The molecule has 0 aliphatic heterocycles. The van der Waals surface area contributed by atoms with Gasteiger partial charge in [-0.25, -0.2) is 0 Å². The minimum Gasteiger partial charge on any atom is -0.424 e. The fourth-order valence-corrected chi connectivity index (χ4v) is 2.70. The summed E-state index contributed by atoms with van der Waals surface area (Å²) in [6.45, 7) is 3.76. The van der Waals surface area contributed by atoms with Gasteiger partial charge in [-0.05, 0) is 12.8 Å². The van der Waals surface area contributed by atoms with Crippen molar-refractivity contribution in [3.8, 4) is 11.5 Å². The largest absolute Gasteiger partial charge is 0.424 e. The Morgan fingerprint density at radius 1 is 0.833 bits per heavy atom. The van der Waals surface area contributed by atoms with E-state index in [1.165, 1.54) is 0 Å². The fraction of sp³-hybridized carbons (Fsp3) is 0.333. The molecule has 0 saturated heterocycles. The topological polar surface area (TPSA) is 52.6 Å². The lowest BCUT2D eigenvalue weighted by molar-refractivity contribution is -0.135. The predicted octanol–water partition coefficient (Wildman–Crippen LogP) is 5.56. The summed E-state index contributed by atoms with van der Waals surface area (Å²) in [5, 5.41) is 1.24. The van der Waals surface area contributed by atoms with Crippen LogP contribution in [0.3, 0.4) is 0 Å². The van der Waals surface area contributed by atoms with Gasteiger partial charge in [0, 0.05) is 23.6 Å². The third-order valence-corrected chi connectivity index (χ3v) is 4.17. The summed E-state index contributed by atoms with van der Waals surface area (Å²) >= 11 is 12.6. The molecule has 0 aliphatic rings. The van der Waals surface area contributed by atoms with E-state index in [2.05, 4.69) is 0 Å². The molecule has 24 heavy (non-hydrogen) atoms. The van der Waals surface area contributed by atoms with E-state index in [4.69, 9.17) is 32.7 Å². The van der Waals surface area contributed by atoms with Crippen LogP contribution in [0.1, 0.15) is 39.5 Å². The minimum absolute atomic E-state index is 0.0547. The molecule has 0 N–H and O–H groups in total. The monoisotopic (exact) mass is 368 g/mol. The molecule has 4 nitrogen and oxygen atoms in total.